The summed E-state index contributed by atoms with van der Waals surface area (Å²) in [7, 11) is 0. The molecule has 2 aromatic heterocycles. The number of nitrogens with zero attached hydrogens (tertiary/aromatic N) is 5. The molecule has 7 nitrogen and oxygen atoms in total. The molecule has 1 atom stereocenters. The Bertz CT molecular complexity index is 808. The average molecular weight is 357 g/mol. The van der Waals surface area contributed by atoms with E-state index in [0.29, 0.717) is 25.3 Å². The number of amides is 2. The first-order valence-corrected chi connectivity index (χ1v) is 9.18. The van der Waals surface area contributed by atoms with E-state index in [0.717, 1.165) is 29.8 Å². The molecule has 1 spiro atoms. The fourth-order valence-corrected chi connectivity index (χ4v) is 4.30. The van der Waals surface area contributed by atoms with Crippen LogP contribution in [0, 0.1) is 12.3 Å². The highest BCUT2D eigenvalue weighted by Crippen LogP contribution is 2.42. The van der Waals surface area contributed by atoms with E-state index in [4.69, 9.17) is 0 Å². The summed E-state index contributed by atoms with van der Waals surface area (Å²) < 4.78 is 3.86. The zero-order valence-corrected chi connectivity index (χ0v) is 14.8. The van der Waals surface area contributed by atoms with Crippen molar-refractivity contribution < 1.29 is 9.59 Å². The van der Waals surface area contributed by atoms with Crippen LogP contribution in [0.15, 0.2) is 24.5 Å². The van der Waals surface area contributed by atoms with Gasteiger partial charge in [-0.1, -0.05) is 4.49 Å². The number of aryl methyl sites for hydroxylation is 1. The first kappa shape index (κ1) is 16.1. The van der Waals surface area contributed by atoms with E-state index in [1.807, 2.05) is 19.1 Å². The van der Waals surface area contributed by atoms with Gasteiger partial charge in [0.1, 0.15) is 0 Å². The highest BCUT2D eigenvalue weighted by molar-refractivity contribution is 7.05. The zero-order chi connectivity index (χ0) is 17.4. The predicted octanol–water partition coefficient (Wildman–Crippen LogP) is 1.90. The number of pyridine rings is 1. The minimum Gasteiger partial charge on any atom is -0.336 e. The van der Waals surface area contributed by atoms with Crippen LogP contribution < -0.4 is 4.90 Å². The summed E-state index contributed by atoms with van der Waals surface area (Å²) in [4.78, 5) is 34.4. The molecular weight excluding hydrogens is 338 g/mol. The van der Waals surface area contributed by atoms with Gasteiger partial charge in [-0.2, -0.15) is 0 Å². The quantitative estimate of drug-likeness (QED) is 0.820. The van der Waals surface area contributed by atoms with Gasteiger partial charge in [-0.3, -0.25) is 14.6 Å². The van der Waals surface area contributed by atoms with Crippen LogP contribution in [-0.4, -0.2) is 50.9 Å². The Balaban J connectivity index is 1.56. The third-order valence-corrected chi connectivity index (χ3v) is 5.82. The van der Waals surface area contributed by atoms with Gasteiger partial charge in [0.05, 0.1) is 22.2 Å². The van der Waals surface area contributed by atoms with Gasteiger partial charge < -0.3 is 9.80 Å². The van der Waals surface area contributed by atoms with Crippen LogP contribution in [0.3, 0.4) is 0 Å². The van der Waals surface area contributed by atoms with Gasteiger partial charge in [-0.15, -0.1) is 5.10 Å². The van der Waals surface area contributed by atoms with Crippen LogP contribution in [0.25, 0.3) is 0 Å². The van der Waals surface area contributed by atoms with Crippen molar-refractivity contribution in [2.75, 3.05) is 24.5 Å². The Morgan fingerprint density at radius 1 is 1.32 bits per heavy atom. The highest BCUT2D eigenvalue weighted by Gasteiger charge is 2.50. The zero-order valence-electron chi connectivity index (χ0n) is 14.0. The van der Waals surface area contributed by atoms with Gasteiger partial charge in [0.2, 0.25) is 5.91 Å². The van der Waals surface area contributed by atoms with Crippen LogP contribution in [0.5, 0.6) is 0 Å². The SMILES string of the molecule is Cc1snnc1C(=O)N1CCC[C@]2(CCN(c3cccnc3)C2=O)C1. The lowest BCUT2D eigenvalue weighted by atomic mass is 9.78. The van der Waals surface area contributed by atoms with Gasteiger partial charge in [-0.25, -0.2) is 0 Å². The first-order valence-electron chi connectivity index (χ1n) is 8.41. The summed E-state index contributed by atoms with van der Waals surface area (Å²) in [6.07, 6.45) is 5.83. The largest absolute Gasteiger partial charge is 0.336 e. The lowest BCUT2D eigenvalue weighted by Gasteiger charge is -2.38. The van der Waals surface area contributed by atoms with Crippen LogP contribution in [0.2, 0.25) is 0 Å². The van der Waals surface area contributed by atoms with Crippen molar-refractivity contribution in [1.29, 1.82) is 0 Å². The van der Waals surface area contributed by atoms with E-state index >= 15 is 0 Å². The van der Waals surface area contributed by atoms with E-state index in [1.165, 1.54) is 11.5 Å². The van der Waals surface area contributed by atoms with Gasteiger partial charge in [-0.05, 0) is 49.9 Å². The molecule has 0 N–H and O–H groups in total. The summed E-state index contributed by atoms with van der Waals surface area (Å²) in [5.74, 6) is -0.0101. The molecule has 2 aromatic rings. The van der Waals surface area contributed by atoms with Crippen LogP contribution in [0.1, 0.15) is 34.6 Å². The topological polar surface area (TPSA) is 79.3 Å². The number of aromatic nitrogens is 3. The molecule has 0 radical (unpaired) electrons. The van der Waals surface area contributed by atoms with Crippen molar-refractivity contribution in [3.63, 3.8) is 0 Å². The van der Waals surface area contributed by atoms with E-state index in [-0.39, 0.29) is 11.8 Å². The normalized spacial score (nSPS) is 23.5. The average Bonchev–Trinajstić information content (AvgIpc) is 3.20. The molecule has 0 bridgehead atoms. The number of carbonyl (C=O) groups excluding carboxylic acids is 2. The third-order valence-electron chi connectivity index (χ3n) is 5.19. The first-order chi connectivity index (χ1) is 12.1. The molecule has 2 amide bonds. The second-order valence-corrected chi connectivity index (χ2v) is 7.66. The van der Waals surface area contributed by atoms with Crippen molar-refractivity contribution in [3.8, 4) is 0 Å². The lowest BCUT2D eigenvalue weighted by Crippen LogP contribution is -2.50. The standard InChI is InChI=1S/C17H19N5O2S/c1-12-14(19-20-25-12)15(23)21-8-3-5-17(11-21)6-9-22(16(17)24)13-4-2-7-18-10-13/h2,4,7,10H,3,5-6,8-9,11H2,1H3/t17-/m0/s1. The molecule has 2 aliphatic rings. The van der Waals surface area contributed by atoms with E-state index in [2.05, 4.69) is 14.6 Å². The van der Waals surface area contributed by atoms with Crippen molar-refractivity contribution in [2.45, 2.75) is 26.2 Å². The monoisotopic (exact) mass is 357 g/mol. The van der Waals surface area contributed by atoms with Gasteiger partial charge in [0.25, 0.3) is 5.91 Å². The Morgan fingerprint density at radius 3 is 2.92 bits per heavy atom. The molecule has 0 unspecified atom stereocenters. The number of hydrogen-bond donors (Lipinski definition) is 0. The molecular formula is C17H19N5O2S. The Morgan fingerprint density at radius 2 is 2.20 bits per heavy atom. The van der Waals surface area contributed by atoms with E-state index in [1.54, 1.807) is 22.2 Å². The second kappa shape index (κ2) is 6.18. The molecule has 0 saturated carbocycles. The molecule has 2 fully saturated rings. The maximum Gasteiger partial charge on any atom is 0.275 e. The molecule has 4 rings (SSSR count). The molecule has 25 heavy (non-hydrogen) atoms. The fourth-order valence-electron chi connectivity index (χ4n) is 3.84. The summed E-state index contributed by atoms with van der Waals surface area (Å²) in [5, 5.41) is 3.96. The number of likely N-dealkylation sites (tertiary alicyclic amines) is 1. The summed E-state index contributed by atoms with van der Waals surface area (Å²) >= 11 is 1.23. The minimum absolute atomic E-state index is 0.103. The summed E-state index contributed by atoms with van der Waals surface area (Å²) in [6, 6.07) is 3.74. The van der Waals surface area contributed by atoms with Crippen molar-refractivity contribution in [1.82, 2.24) is 19.5 Å². The van der Waals surface area contributed by atoms with E-state index < -0.39 is 5.41 Å². The molecule has 2 aliphatic heterocycles. The van der Waals surface area contributed by atoms with Crippen molar-refractivity contribution in [3.05, 3.63) is 35.1 Å². The minimum atomic E-state index is -0.485. The molecule has 2 saturated heterocycles. The summed E-state index contributed by atoms with van der Waals surface area (Å²) in [5.41, 5.74) is 0.755. The summed E-state index contributed by atoms with van der Waals surface area (Å²) in [6.45, 7) is 3.64. The molecule has 0 aliphatic carbocycles. The van der Waals surface area contributed by atoms with Gasteiger partial charge >= 0.3 is 0 Å². The number of hydrogen-bond acceptors (Lipinski definition) is 6. The molecule has 4 heterocycles. The van der Waals surface area contributed by atoms with Crippen molar-refractivity contribution >= 4 is 29.0 Å². The molecule has 130 valence electrons. The Kier molecular flexibility index (Phi) is 3.99. The number of anilines is 1. The van der Waals surface area contributed by atoms with Crippen LogP contribution in [0.4, 0.5) is 5.69 Å². The third kappa shape index (κ3) is 2.70. The number of rotatable bonds is 2. The lowest BCUT2D eigenvalue weighted by molar-refractivity contribution is -0.127. The van der Waals surface area contributed by atoms with Crippen LogP contribution in [-0.2, 0) is 4.79 Å². The number of carbonyl (C=O) groups is 2. The Labute approximate surface area is 149 Å². The Hall–Kier alpha value is -2.35. The van der Waals surface area contributed by atoms with Gasteiger partial charge in [0, 0.05) is 25.8 Å². The highest BCUT2D eigenvalue weighted by atomic mass is 32.1. The predicted molar refractivity (Wildman–Crippen MR) is 93.4 cm³/mol. The smallest absolute Gasteiger partial charge is 0.275 e. The maximum atomic E-state index is 13.1. The van der Waals surface area contributed by atoms with Gasteiger partial charge in [0.15, 0.2) is 5.69 Å². The maximum absolute atomic E-state index is 13.1. The number of piperidine rings is 1. The van der Waals surface area contributed by atoms with Crippen LogP contribution >= 0.6 is 11.5 Å². The fraction of sp³-hybridized carbons (Fsp3) is 0.471. The van der Waals surface area contributed by atoms with E-state index in [9.17, 15) is 9.59 Å². The second-order valence-electron chi connectivity index (χ2n) is 6.71. The molecule has 0 aromatic carbocycles. The van der Waals surface area contributed by atoms with Crippen molar-refractivity contribution in [2.24, 2.45) is 5.41 Å². The molecule has 8 heteroatoms.